The van der Waals surface area contributed by atoms with Crippen LogP contribution in [0.1, 0.15) is 46.5 Å². The number of esters is 1. The van der Waals surface area contributed by atoms with Crippen molar-refractivity contribution in [2.75, 3.05) is 20.3 Å². The number of hydrogen-bond acceptors (Lipinski definition) is 4. The Bertz CT molecular complexity index is 405. The minimum atomic E-state index is -1.72. The first-order valence-electron chi connectivity index (χ1n) is 8.13. The van der Waals surface area contributed by atoms with Crippen LogP contribution >= 0.6 is 0 Å². The summed E-state index contributed by atoms with van der Waals surface area (Å²) < 4.78 is 11.5. The van der Waals surface area contributed by atoms with E-state index in [0.717, 1.165) is 38.8 Å². The number of methoxy groups -OCH3 is 1. The third kappa shape index (κ3) is 2.92. The van der Waals surface area contributed by atoms with Crippen LogP contribution in [0.4, 0.5) is 0 Å². The maximum Gasteiger partial charge on any atom is 0.326 e. The molecule has 2 aliphatic rings. The molecule has 2 heterocycles. The van der Waals surface area contributed by atoms with Crippen LogP contribution < -0.4 is 0 Å². The zero-order valence-electron chi connectivity index (χ0n) is 14.5. The first-order chi connectivity index (χ1) is 9.64. The Morgan fingerprint density at radius 3 is 2.57 bits per heavy atom. The Labute approximate surface area is 130 Å². The molecule has 2 atom stereocenters. The smallest absolute Gasteiger partial charge is 0.326 e. The third-order valence-electron chi connectivity index (χ3n) is 5.88. The molecule has 2 fully saturated rings. The predicted molar refractivity (Wildman–Crippen MR) is 86.9 cm³/mol. The molecule has 2 saturated heterocycles. The molecule has 0 N–H and O–H groups in total. The molecule has 0 unspecified atom stereocenters. The van der Waals surface area contributed by atoms with E-state index in [1.165, 1.54) is 7.11 Å². The van der Waals surface area contributed by atoms with E-state index < -0.39 is 8.32 Å². The van der Waals surface area contributed by atoms with Crippen LogP contribution in [-0.4, -0.2) is 51.0 Å². The lowest BCUT2D eigenvalue weighted by Gasteiger charge is -2.38. The SMILES string of the molecule is COC(=O)[C@@]12CCCN1[C@H](CO[Si](C)(C)C(C)(C)C)CC2. The number of fused-ring (bicyclic) bond motifs is 1. The zero-order chi connectivity index (χ0) is 15.9. The Kier molecular flexibility index (Phi) is 4.58. The lowest BCUT2D eigenvalue weighted by atomic mass is 9.94. The Hall–Kier alpha value is -0.393. The second-order valence-electron chi connectivity index (χ2n) is 8.08. The molecule has 4 nitrogen and oxygen atoms in total. The molecule has 0 aromatic carbocycles. The quantitative estimate of drug-likeness (QED) is 0.590. The van der Waals surface area contributed by atoms with E-state index in [9.17, 15) is 4.79 Å². The van der Waals surface area contributed by atoms with Gasteiger partial charge in [-0.2, -0.15) is 0 Å². The molecule has 0 amide bonds. The summed E-state index contributed by atoms with van der Waals surface area (Å²) in [6, 6.07) is 0.376. The maximum atomic E-state index is 12.2. The minimum Gasteiger partial charge on any atom is -0.468 e. The number of ether oxygens (including phenoxy) is 1. The van der Waals surface area contributed by atoms with Crippen molar-refractivity contribution in [2.24, 2.45) is 0 Å². The molecule has 2 rings (SSSR count). The summed E-state index contributed by atoms with van der Waals surface area (Å²) in [6.45, 7) is 13.1. The Balaban J connectivity index is 2.03. The van der Waals surface area contributed by atoms with Crippen molar-refractivity contribution >= 4 is 14.3 Å². The first-order valence-corrected chi connectivity index (χ1v) is 11.0. The highest BCUT2D eigenvalue weighted by atomic mass is 28.4. The summed E-state index contributed by atoms with van der Waals surface area (Å²) in [7, 11) is -0.212. The lowest BCUT2D eigenvalue weighted by Crippen LogP contribution is -2.51. The van der Waals surface area contributed by atoms with Gasteiger partial charge in [0.05, 0.1) is 7.11 Å². The summed E-state index contributed by atoms with van der Waals surface area (Å²) in [6.07, 6.45) is 4.00. The van der Waals surface area contributed by atoms with Gasteiger partial charge < -0.3 is 9.16 Å². The van der Waals surface area contributed by atoms with E-state index in [4.69, 9.17) is 9.16 Å². The average molecular weight is 314 g/mol. The van der Waals surface area contributed by atoms with Gasteiger partial charge in [0.15, 0.2) is 8.32 Å². The fraction of sp³-hybridized carbons (Fsp3) is 0.938. The summed E-state index contributed by atoms with van der Waals surface area (Å²) in [5.74, 6) is -0.0465. The Morgan fingerprint density at radius 1 is 1.33 bits per heavy atom. The molecule has 2 aliphatic heterocycles. The number of rotatable bonds is 4. The summed E-state index contributed by atoms with van der Waals surface area (Å²) in [4.78, 5) is 14.6. The number of carbonyl (C=O) groups excluding carboxylic acids is 1. The van der Waals surface area contributed by atoms with E-state index in [0.29, 0.717) is 6.04 Å². The van der Waals surface area contributed by atoms with Crippen molar-refractivity contribution in [3.8, 4) is 0 Å². The predicted octanol–water partition coefficient (Wildman–Crippen LogP) is 3.18. The van der Waals surface area contributed by atoms with E-state index in [-0.39, 0.29) is 16.5 Å². The van der Waals surface area contributed by atoms with Crippen LogP contribution in [0.2, 0.25) is 18.1 Å². The normalized spacial score (nSPS) is 30.5. The van der Waals surface area contributed by atoms with Gasteiger partial charge >= 0.3 is 5.97 Å². The van der Waals surface area contributed by atoms with Crippen LogP contribution in [0.3, 0.4) is 0 Å². The van der Waals surface area contributed by atoms with Crippen LogP contribution in [-0.2, 0) is 14.0 Å². The monoisotopic (exact) mass is 313 g/mol. The first kappa shape index (κ1) is 17.0. The molecule has 0 spiro atoms. The molecule has 0 radical (unpaired) electrons. The van der Waals surface area contributed by atoms with Gasteiger partial charge in [-0.25, -0.2) is 0 Å². The zero-order valence-corrected chi connectivity index (χ0v) is 15.5. The summed E-state index contributed by atoms with van der Waals surface area (Å²) in [5, 5.41) is 0.232. The number of nitrogens with zero attached hydrogens (tertiary/aromatic N) is 1. The lowest BCUT2D eigenvalue weighted by molar-refractivity contribution is -0.152. The van der Waals surface area contributed by atoms with E-state index >= 15 is 0 Å². The fourth-order valence-electron chi connectivity index (χ4n) is 3.47. The van der Waals surface area contributed by atoms with Gasteiger partial charge in [-0.1, -0.05) is 20.8 Å². The average Bonchev–Trinajstić information content (AvgIpc) is 2.93. The Morgan fingerprint density at radius 2 is 2.00 bits per heavy atom. The minimum absolute atomic E-state index is 0.0465. The molecule has 0 aromatic heterocycles. The van der Waals surface area contributed by atoms with Gasteiger partial charge in [0, 0.05) is 12.6 Å². The highest BCUT2D eigenvalue weighted by Gasteiger charge is 2.55. The van der Waals surface area contributed by atoms with Crippen LogP contribution in [0.25, 0.3) is 0 Å². The van der Waals surface area contributed by atoms with Gasteiger partial charge in [-0.15, -0.1) is 0 Å². The van der Waals surface area contributed by atoms with E-state index in [1.807, 2.05) is 0 Å². The van der Waals surface area contributed by atoms with E-state index in [1.54, 1.807) is 0 Å². The van der Waals surface area contributed by atoms with Crippen molar-refractivity contribution in [3.05, 3.63) is 0 Å². The molecular weight excluding hydrogens is 282 g/mol. The molecule has 122 valence electrons. The van der Waals surface area contributed by atoms with Gasteiger partial charge in [0.2, 0.25) is 0 Å². The van der Waals surface area contributed by atoms with Crippen LogP contribution in [0.15, 0.2) is 0 Å². The van der Waals surface area contributed by atoms with Crippen LogP contribution in [0, 0.1) is 0 Å². The van der Waals surface area contributed by atoms with Crippen molar-refractivity contribution in [2.45, 2.75) is 76.2 Å². The van der Waals surface area contributed by atoms with Gasteiger partial charge in [-0.3, -0.25) is 9.69 Å². The molecule has 21 heavy (non-hydrogen) atoms. The van der Waals surface area contributed by atoms with E-state index in [2.05, 4.69) is 38.8 Å². The molecular formula is C16H31NO3Si. The highest BCUT2D eigenvalue weighted by molar-refractivity contribution is 6.74. The standard InChI is InChI=1S/C16H31NO3Si/c1-15(2,3)21(5,6)20-12-13-8-10-16(14(18)19-4)9-7-11-17(13)16/h13H,7-12H2,1-6H3/t13-,16-/m0/s1. The molecule has 5 heteroatoms. The maximum absolute atomic E-state index is 12.2. The summed E-state index contributed by atoms with van der Waals surface area (Å²) >= 11 is 0. The number of carbonyl (C=O) groups is 1. The second-order valence-corrected chi connectivity index (χ2v) is 12.9. The second kappa shape index (κ2) is 5.67. The summed E-state index contributed by atoms with van der Waals surface area (Å²) in [5.41, 5.74) is -0.351. The largest absolute Gasteiger partial charge is 0.468 e. The third-order valence-corrected chi connectivity index (χ3v) is 10.4. The van der Waals surface area contributed by atoms with Crippen molar-refractivity contribution < 1.29 is 14.0 Å². The topological polar surface area (TPSA) is 38.8 Å². The van der Waals surface area contributed by atoms with Crippen LogP contribution in [0.5, 0.6) is 0 Å². The highest BCUT2D eigenvalue weighted by Crippen LogP contribution is 2.44. The van der Waals surface area contributed by atoms with Gasteiger partial charge in [0.1, 0.15) is 5.54 Å². The van der Waals surface area contributed by atoms with Crippen molar-refractivity contribution in [1.82, 2.24) is 4.90 Å². The van der Waals surface area contributed by atoms with Crippen molar-refractivity contribution in [1.29, 1.82) is 0 Å². The van der Waals surface area contributed by atoms with Crippen molar-refractivity contribution in [3.63, 3.8) is 0 Å². The molecule has 0 saturated carbocycles. The van der Waals surface area contributed by atoms with Gasteiger partial charge in [0.25, 0.3) is 0 Å². The fourth-order valence-corrected chi connectivity index (χ4v) is 4.51. The molecule has 0 bridgehead atoms. The molecule has 0 aliphatic carbocycles. The molecule has 0 aromatic rings. The van der Waals surface area contributed by atoms with Gasteiger partial charge in [-0.05, 0) is 50.4 Å². The number of hydrogen-bond donors (Lipinski definition) is 0.